The number of carboxylic acids is 1. The number of hydrogen-bond acceptors (Lipinski definition) is 3. The molecule has 2 atom stereocenters. The molecular weight excluding hydrogens is 353 g/mol. The molecule has 2 rings (SSSR count). The Kier molecular flexibility index (Phi) is 4.17. The molecule has 1 fully saturated rings. The Morgan fingerprint density at radius 1 is 1.45 bits per heavy atom. The van der Waals surface area contributed by atoms with Crippen LogP contribution in [0.1, 0.15) is 6.92 Å². The van der Waals surface area contributed by atoms with Gasteiger partial charge >= 0.3 is 5.97 Å². The van der Waals surface area contributed by atoms with Gasteiger partial charge in [-0.1, -0.05) is 22.9 Å². The Labute approximate surface area is 124 Å². The van der Waals surface area contributed by atoms with Crippen molar-refractivity contribution in [2.45, 2.75) is 11.8 Å². The number of carboxylic acid groups (broad SMARTS) is 1. The summed E-state index contributed by atoms with van der Waals surface area (Å²) in [6, 6.07) is 3.65. The molecule has 1 N–H and O–H groups in total. The molecule has 1 aromatic rings. The molecule has 0 bridgehead atoms. The SMILES string of the molecule is C[C@@H]1CN(S(=O)(=O)c2cc(Br)ccc2F)C[C@H]1C(=O)O. The number of aliphatic carboxylic acids is 1. The number of nitrogens with zero attached hydrogens (tertiary/aromatic N) is 1. The van der Waals surface area contributed by atoms with Crippen molar-refractivity contribution in [2.75, 3.05) is 13.1 Å². The van der Waals surface area contributed by atoms with Crippen LogP contribution in [0, 0.1) is 17.7 Å². The minimum atomic E-state index is -4.03. The third-order valence-corrected chi connectivity index (χ3v) is 5.75. The molecule has 0 radical (unpaired) electrons. The molecule has 0 aromatic heterocycles. The lowest BCUT2D eigenvalue weighted by Gasteiger charge is -2.16. The van der Waals surface area contributed by atoms with Gasteiger partial charge in [-0.05, 0) is 24.1 Å². The Bertz CT molecular complexity index is 649. The summed E-state index contributed by atoms with van der Waals surface area (Å²) in [6.45, 7) is 1.61. The Morgan fingerprint density at radius 3 is 2.65 bits per heavy atom. The van der Waals surface area contributed by atoms with Gasteiger partial charge in [0.25, 0.3) is 0 Å². The third-order valence-electron chi connectivity index (χ3n) is 3.41. The monoisotopic (exact) mass is 365 g/mol. The molecule has 1 aliphatic heterocycles. The number of hydrogen-bond donors (Lipinski definition) is 1. The molecule has 1 saturated heterocycles. The number of rotatable bonds is 3. The first-order valence-corrected chi connectivity index (χ1v) is 8.15. The van der Waals surface area contributed by atoms with Crippen LogP contribution in [-0.4, -0.2) is 36.9 Å². The predicted molar refractivity (Wildman–Crippen MR) is 73.1 cm³/mol. The number of carbonyl (C=O) groups is 1. The van der Waals surface area contributed by atoms with Gasteiger partial charge in [0.1, 0.15) is 10.7 Å². The van der Waals surface area contributed by atoms with Gasteiger partial charge in [0.2, 0.25) is 10.0 Å². The molecule has 20 heavy (non-hydrogen) atoms. The molecule has 1 heterocycles. The van der Waals surface area contributed by atoms with Crippen LogP contribution in [-0.2, 0) is 14.8 Å². The number of benzene rings is 1. The van der Waals surface area contributed by atoms with Crippen molar-refractivity contribution in [3.8, 4) is 0 Å². The summed E-state index contributed by atoms with van der Waals surface area (Å²) < 4.78 is 40.0. The van der Waals surface area contributed by atoms with Gasteiger partial charge in [0.15, 0.2) is 0 Å². The Balaban J connectivity index is 2.37. The van der Waals surface area contributed by atoms with E-state index in [-0.39, 0.29) is 19.0 Å². The smallest absolute Gasteiger partial charge is 0.308 e. The molecule has 0 saturated carbocycles. The normalized spacial score (nSPS) is 23.9. The van der Waals surface area contributed by atoms with Crippen molar-refractivity contribution < 1.29 is 22.7 Å². The molecule has 5 nitrogen and oxygen atoms in total. The summed E-state index contributed by atoms with van der Waals surface area (Å²) in [7, 11) is -4.03. The van der Waals surface area contributed by atoms with E-state index in [1.54, 1.807) is 6.92 Å². The second-order valence-electron chi connectivity index (χ2n) is 4.82. The summed E-state index contributed by atoms with van der Waals surface area (Å²) in [4.78, 5) is 10.6. The lowest BCUT2D eigenvalue weighted by atomic mass is 9.99. The maximum atomic E-state index is 13.7. The molecule has 0 spiro atoms. The van der Waals surface area contributed by atoms with Crippen LogP contribution in [0.4, 0.5) is 4.39 Å². The molecule has 8 heteroatoms. The zero-order valence-corrected chi connectivity index (χ0v) is 13.0. The fourth-order valence-corrected chi connectivity index (χ4v) is 4.42. The molecular formula is C12H13BrFNO4S. The third kappa shape index (κ3) is 2.72. The van der Waals surface area contributed by atoms with Crippen molar-refractivity contribution >= 4 is 31.9 Å². The van der Waals surface area contributed by atoms with Gasteiger partial charge in [0.05, 0.1) is 5.92 Å². The van der Waals surface area contributed by atoms with E-state index in [2.05, 4.69) is 15.9 Å². The van der Waals surface area contributed by atoms with Crippen LogP contribution in [0.5, 0.6) is 0 Å². The zero-order chi connectivity index (χ0) is 15.1. The molecule has 0 amide bonds. The largest absolute Gasteiger partial charge is 0.481 e. The molecule has 0 unspecified atom stereocenters. The summed E-state index contributed by atoms with van der Waals surface area (Å²) >= 11 is 3.10. The van der Waals surface area contributed by atoms with E-state index >= 15 is 0 Å². The second kappa shape index (κ2) is 5.42. The minimum absolute atomic E-state index is 0.0747. The van der Waals surface area contributed by atoms with E-state index in [0.29, 0.717) is 4.47 Å². The van der Waals surface area contributed by atoms with Crippen LogP contribution in [0.3, 0.4) is 0 Å². The average Bonchev–Trinajstić information content (AvgIpc) is 2.75. The Morgan fingerprint density at radius 2 is 2.10 bits per heavy atom. The van der Waals surface area contributed by atoms with Gasteiger partial charge in [-0.2, -0.15) is 4.31 Å². The van der Waals surface area contributed by atoms with E-state index in [1.165, 1.54) is 12.1 Å². The van der Waals surface area contributed by atoms with Crippen molar-refractivity contribution in [2.24, 2.45) is 11.8 Å². The second-order valence-corrected chi connectivity index (χ2v) is 7.64. The van der Waals surface area contributed by atoms with E-state index in [0.717, 1.165) is 10.4 Å². The predicted octanol–water partition coefficient (Wildman–Crippen LogP) is 1.93. The first-order chi connectivity index (χ1) is 9.23. The van der Waals surface area contributed by atoms with Crippen LogP contribution in [0.2, 0.25) is 0 Å². The van der Waals surface area contributed by atoms with E-state index < -0.39 is 32.6 Å². The van der Waals surface area contributed by atoms with Crippen molar-refractivity contribution in [1.82, 2.24) is 4.31 Å². The Hall–Kier alpha value is -0.990. The highest BCUT2D eigenvalue weighted by molar-refractivity contribution is 9.10. The van der Waals surface area contributed by atoms with Crippen molar-refractivity contribution in [1.29, 1.82) is 0 Å². The fourth-order valence-electron chi connectivity index (χ4n) is 2.25. The van der Waals surface area contributed by atoms with Gasteiger partial charge in [-0.25, -0.2) is 12.8 Å². The maximum absolute atomic E-state index is 13.7. The summed E-state index contributed by atoms with van der Waals surface area (Å²) in [5.41, 5.74) is 0. The van der Waals surface area contributed by atoms with Crippen LogP contribution in [0.25, 0.3) is 0 Å². The minimum Gasteiger partial charge on any atom is -0.481 e. The van der Waals surface area contributed by atoms with Gasteiger partial charge < -0.3 is 5.11 Å². The average molecular weight is 366 g/mol. The lowest BCUT2D eigenvalue weighted by Crippen LogP contribution is -2.30. The molecule has 0 aliphatic carbocycles. The summed E-state index contributed by atoms with van der Waals surface area (Å²) in [5.74, 6) is -2.96. The van der Waals surface area contributed by atoms with E-state index in [9.17, 15) is 17.6 Å². The van der Waals surface area contributed by atoms with Gasteiger partial charge in [-0.3, -0.25) is 4.79 Å². The van der Waals surface area contributed by atoms with Crippen LogP contribution in [0.15, 0.2) is 27.6 Å². The van der Waals surface area contributed by atoms with Crippen LogP contribution < -0.4 is 0 Å². The standard InChI is InChI=1S/C12H13BrFNO4S/c1-7-5-15(6-9(7)12(16)17)20(18,19)11-4-8(13)2-3-10(11)14/h2-4,7,9H,5-6H2,1H3,(H,16,17)/t7-,9-/m1/s1. The van der Waals surface area contributed by atoms with E-state index in [4.69, 9.17) is 5.11 Å². The van der Waals surface area contributed by atoms with Gasteiger partial charge in [-0.15, -0.1) is 0 Å². The topological polar surface area (TPSA) is 74.7 Å². The lowest BCUT2D eigenvalue weighted by molar-refractivity contribution is -0.142. The first kappa shape index (κ1) is 15.4. The first-order valence-electron chi connectivity index (χ1n) is 5.91. The summed E-state index contributed by atoms with van der Waals surface area (Å²) in [5, 5.41) is 9.03. The zero-order valence-electron chi connectivity index (χ0n) is 10.6. The van der Waals surface area contributed by atoms with Crippen molar-refractivity contribution in [3.63, 3.8) is 0 Å². The molecule has 1 aliphatic rings. The molecule has 110 valence electrons. The van der Waals surface area contributed by atoms with Gasteiger partial charge in [0, 0.05) is 17.6 Å². The molecule has 1 aromatic carbocycles. The highest BCUT2D eigenvalue weighted by atomic mass is 79.9. The summed E-state index contributed by atoms with van der Waals surface area (Å²) in [6.07, 6.45) is 0. The van der Waals surface area contributed by atoms with E-state index in [1.807, 2.05) is 0 Å². The number of halogens is 2. The van der Waals surface area contributed by atoms with Crippen LogP contribution >= 0.6 is 15.9 Å². The van der Waals surface area contributed by atoms with Crippen molar-refractivity contribution in [3.05, 3.63) is 28.5 Å². The highest BCUT2D eigenvalue weighted by Gasteiger charge is 2.41. The highest BCUT2D eigenvalue weighted by Crippen LogP contribution is 2.30. The number of sulfonamides is 1. The maximum Gasteiger partial charge on any atom is 0.308 e. The fraction of sp³-hybridized carbons (Fsp3) is 0.417. The quantitative estimate of drug-likeness (QED) is 0.887.